The Balaban J connectivity index is 1.73. The van der Waals surface area contributed by atoms with E-state index >= 15 is 0 Å². The summed E-state index contributed by atoms with van der Waals surface area (Å²) in [5, 5.41) is 2.58. The van der Waals surface area contributed by atoms with Crippen molar-refractivity contribution >= 4 is 16.1 Å². The molecule has 1 aliphatic carbocycles. The number of ether oxygens (including phenoxy) is 2. The topological polar surface area (TPSA) is 88.2 Å². The minimum atomic E-state index is -3.24. The Labute approximate surface area is 201 Å². The molecule has 1 saturated heterocycles. The van der Waals surface area contributed by atoms with Gasteiger partial charge in [-0.2, -0.15) is 0 Å². The second-order valence-electron chi connectivity index (χ2n) is 10.4. The molecule has 194 valence electrons. The van der Waals surface area contributed by atoms with Crippen LogP contribution in [0.1, 0.15) is 85.0 Å². The summed E-state index contributed by atoms with van der Waals surface area (Å²) in [6.07, 6.45) is 8.93. The molecule has 0 spiro atoms. The van der Waals surface area contributed by atoms with E-state index in [4.69, 9.17) is 9.47 Å². The first-order chi connectivity index (χ1) is 15.7. The monoisotopic (exact) mass is 489 g/mol. The highest BCUT2D eigenvalue weighted by Crippen LogP contribution is 2.26. The summed E-state index contributed by atoms with van der Waals surface area (Å²) in [5.41, 5.74) is -0.487. The van der Waals surface area contributed by atoms with Gasteiger partial charge in [0.1, 0.15) is 5.60 Å². The molecule has 8 nitrogen and oxygen atoms in total. The molecule has 1 amide bonds. The van der Waals surface area contributed by atoms with E-state index in [2.05, 4.69) is 10.2 Å². The van der Waals surface area contributed by atoms with Gasteiger partial charge in [0.25, 0.3) is 0 Å². The number of nitrogens with zero attached hydrogens (tertiary/aromatic N) is 2. The van der Waals surface area contributed by atoms with Crippen LogP contribution in [0.4, 0.5) is 4.79 Å². The second kappa shape index (κ2) is 14.5. The van der Waals surface area contributed by atoms with E-state index in [1.54, 1.807) is 4.31 Å². The first-order valence-corrected chi connectivity index (χ1v) is 14.4. The van der Waals surface area contributed by atoms with Gasteiger partial charge >= 0.3 is 6.09 Å². The number of amides is 1. The van der Waals surface area contributed by atoms with E-state index in [0.717, 1.165) is 97.1 Å². The van der Waals surface area contributed by atoms with Crippen LogP contribution < -0.4 is 5.32 Å². The van der Waals surface area contributed by atoms with Crippen LogP contribution in [0.5, 0.6) is 0 Å². The molecular weight excluding hydrogens is 442 g/mol. The average molecular weight is 490 g/mol. The highest BCUT2D eigenvalue weighted by atomic mass is 32.2. The van der Waals surface area contributed by atoms with E-state index < -0.39 is 15.6 Å². The fraction of sp³-hybridized carbons (Fsp3) is 0.958. The Kier molecular flexibility index (Phi) is 12.4. The molecule has 0 aromatic rings. The van der Waals surface area contributed by atoms with E-state index in [1.165, 1.54) is 0 Å². The zero-order chi connectivity index (χ0) is 24.2. The van der Waals surface area contributed by atoms with E-state index in [1.807, 2.05) is 20.8 Å². The molecule has 1 heterocycles. The fourth-order valence-corrected chi connectivity index (χ4v) is 6.62. The van der Waals surface area contributed by atoms with Crippen LogP contribution >= 0.6 is 0 Å². The van der Waals surface area contributed by atoms with Gasteiger partial charge in [0.15, 0.2) is 0 Å². The molecule has 0 radical (unpaired) electrons. The van der Waals surface area contributed by atoms with E-state index in [-0.39, 0.29) is 11.3 Å². The molecule has 0 bridgehead atoms. The average Bonchev–Trinajstić information content (AvgIpc) is 2.77. The van der Waals surface area contributed by atoms with Crippen LogP contribution in [0.15, 0.2) is 0 Å². The molecule has 2 aliphatic rings. The zero-order valence-electron chi connectivity index (χ0n) is 21.1. The molecule has 9 heteroatoms. The normalized spacial score (nSPS) is 19.0. The summed E-state index contributed by atoms with van der Waals surface area (Å²) in [7, 11) is -3.24. The smallest absolute Gasteiger partial charge is 0.407 e. The number of alkyl carbamates (subject to hydrolysis) is 1. The highest BCUT2D eigenvalue weighted by molar-refractivity contribution is 7.89. The maximum atomic E-state index is 13.4. The number of hydrogen-bond donors (Lipinski definition) is 1. The summed E-state index contributed by atoms with van der Waals surface area (Å²) in [6.45, 7) is 11.7. The van der Waals surface area contributed by atoms with Gasteiger partial charge in [0, 0.05) is 32.7 Å². The first kappa shape index (κ1) is 28.3. The van der Waals surface area contributed by atoms with E-state index in [0.29, 0.717) is 19.6 Å². The molecule has 33 heavy (non-hydrogen) atoms. The van der Waals surface area contributed by atoms with Gasteiger partial charge in [0.05, 0.1) is 18.5 Å². The minimum absolute atomic E-state index is 0.201. The molecule has 2 fully saturated rings. The lowest BCUT2D eigenvalue weighted by atomic mass is 10.0. The predicted octanol–water partition coefficient (Wildman–Crippen LogP) is 3.76. The number of carbonyl (C=O) groups excluding carboxylic acids is 1. The quantitative estimate of drug-likeness (QED) is 0.396. The number of morpholine rings is 1. The van der Waals surface area contributed by atoms with Crippen molar-refractivity contribution in [1.82, 2.24) is 14.5 Å². The third kappa shape index (κ3) is 11.4. The molecule has 1 aliphatic heterocycles. The molecule has 2 rings (SSSR count). The maximum absolute atomic E-state index is 13.4. The summed E-state index contributed by atoms with van der Waals surface area (Å²) in [5.74, 6) is 0. The van der Waals surface area contributed by atoms with Crippen molar-refractivity contribution in [1.29, 1.82) is 0 Å². The van der Waals surface area contributed by atoms with Crippen molar-refractivity contribution in [2.24, 2.45) is 0 Å². The predicted molar refractivity (Wildman–Crippen MR) is 132 cm³/mol. The Hall–Kier alpha value is -0.900. The lowest BCUT2D eigenvalue weighted by Gasteiger charge is -2.31. The molecule has 0 unspecified atom stereocenters. The lowest BCUT2D eigenvalue weighted by Crippen LogP contribution is -2.42. The largest absolute Gasteiger partial charge is 0.444 e. The first-order valence-electron chi connectivity index (χ1n) is 12.9. The summed E-state index contributed by atoms with van der Waals surface area (Å²) in [4.78, 5) is 14.1. The van der Waals surface area contributed by atoms with Crippen molar-refractivity contribution in [3.05, 3.63) is 0 Å². The van der Waals surface area contributed by atoms with Crippen LogP contribution in [-0.4, -0.2) is 87.0 Å². The van der Waals surface area contributed by atoms with Crippen molar-refractivity contribution in [3.8, 4) is 0 Å². The van der Waals surface area contributed by atoms with Gasteiger partial charge in [0.2, 0.25) is 10.0 Å². The van der Waals surface area contributed by atoms with Gasteiger partial charge in [-0.15, -0.1) is 0 Å². The molecule has 1 saturated carbocycles. The number of carbonyl (C=O) groups is 1. The molecule has 0 aromatic heterocycles. The summed E-state index contributed by atoms with van der Waals surface area (Å²) in [6, 6.07) is 0. The van der Waals surface area contributed by atoms with Gasteiger partial charge in [-0.3, -0.25) is 4.90 Å². The summed E-state index contributed by atoms with van der Waals surface area (Å²) >= 11 is 0. The Morgan fingerprint density at radius 1 is 1.00 bits per heavy atom. The lowest BCUT2D eigenvalue weighted by molar-refractivity contribution is 0.0369. The van der Waals surface area contributed by atoms with Crippen LogP contribution in [0.3, 0.4) is 0 Å². The van der Waals surface area contributed by atoms with Crippen LogP contribution in [0, 0.1) is 0 Å². The Bertz CT molecular complexity index is 654. The van der Waals surface area contributed by atoms with Gasteiger partial charge in [-0.1, -0.05) is 32.1 Å². The van der Waals surface area contributed by atoms with Crippen LogP contribution in [0.25, 0.3) is 0 Å². The van der Waals surface area contributed by atoms with Crippen molar-refractivity contribution in [2.75, 3.05) is 52.5 Å². The minimum Gasteiger partial charge on any atom is -0.444 e. The maximum Gasteiger partial charge on any atom is 0.407 e. The third-order valence-corrected chi connectivity index (χ3v) is 8.72. The fourth-order valence-electron chi connectivity index (χ4n) is 4.51. The van der Waals surface area contributed by atoms with E-state index in [9.17, 15) is 13.2 Å². The van der Waals surface area contributed by atoms with Gasteiger partial charge in [-0.25, -0.2) is 17.5 Å². The molecule has 0 aromatic carbocycles. The number of rotatable bonds is 13. The SMILES string of the molecule is CC(C)(C)OC(=O)NCCCCCCN(CCCN1CCOCC1)S(=O)(=O)C1CCCCC1. The van der Waals surface area contributed by atoms with Crippen LogP contribution in [-0.2, 0) is 19.5 Å². The zero-order valence-corrected chi connectivity index (χ0v) is 22.0. The van der Waals surface area contributed by atoms with Crippen LogP contribution in [0.2, 0.25) is 0 Å². The second-order valence-corrected chi connectivity index (χ2v) is 12.6. The molecule has 0 atom stereocenters. The van der Waals surface area contributed by atoms with Crippen molar-refractivity contribution < 1.29 is 22.7 Å². The summed E-state index contributed by atoms with van der Waals surface area (Å²) < 4.78 is 39.1. The van der Waals surface area contributed by atoms with Gasteiger partial charge < -0.3 is 14.8 Å². The molecule has 1 N–H and O–H groups in total. The van der Waals surface area contributed by atoms with Crippen molar-refractivity contribution in [2.45, 2.75) is 95.8 Å². The standard InChI is InChI=1S/C24H47N3O5S/c1-24(2,3)32-23(28)25-14-9-4-5-10-16-27(17-11-15-26-18-20-31-21-19-26)33(29,30)22-12-7-6-8-13-22/h22H,4-21H2,1-3H3,(H,25,28). The van der Waals surface area contributed by atoms with Gasteiger partial charge in [-0.05, 0) is 59.4 Å². The number of hydrogen-bond acceptors (Lipinski definition) is 6. The Morgan fingerprint density at radius 2 is 1.64 bits per heavy atom. The number of unbranched alkanes of at least 4 members (excludes halogenated alkanes) is 3. The Morgan fingerprint density at radius 3 is 2.30 bits per heavy atom. The van der Waals surface area contributed by atoms with Crippen molar-refractivity contribution in [3.63, 3.8) is 0 Å². The molecular formula is C24H47N3O5S. The number of nitrogens with one attached hydrogen (secondary N) is 1. The number of sulfonamides is 1. The third-order valence-electron chi connectivity index (χ3n) is 6.32. The highest BCUT2D eigenvalue weighted by Gasteiger charge is 2.32.